The van der Waals surface area contributed by atoms with E-state index in [1.165, 1.54) is 0 Å². The van der Waals surface area contributed by atoms with Gasteiger partial charge in [-0.25, -0.2) is 12.7 Å². The molecule has 0 fully saturated rings. The quantitative estimate of drug-likeness (QED) is 0.831. The Kier molecular flexibility index (Phi) is 3.51. The first-order valence-corrected chi connectivity index (χ1v) is 8.75. The summed E-state index contributed by atoms with van der Waals surface area (Å²) >= 11 is 0. The molecular formula is C15H17N3O4S. The third-order valence-electron chi connectivity index (χ3n) is 3.57. The van der Waals surface area contributed by atoms with Gasteiger partial charge < -0.3 is 4.52 Å². The molecule has 0 spiro atoms. The molecule has 0 saturated heterocycles. The summed E-state index contributed by atoms with van der Waals surface area (Å²) in [4.78, 5) is 16.7. The van der Waals surface area contributed by atoms with E-state index >= 15 is 0 Å². The van der Waals surface area contributed by atoms with Gasteiger partial charge in [-0.1, -0.05) is 44.1 Å². The maximum Gasteiger partial charge on any atom is 0.268 e. The fourth-order valence-corrected chi connectivity index (χ4v) is 3.77. The molecule has 0 N–H and O–H groups in total. The van der Waals surface area contributed by atoms with Gasteiger partial charge in [-0.15, -0.1) is 0 Å². The molecule has 0 atom stereocenters. The van der Waals surface area contributed by atoms with Crippen LogP contribution in [0.15, 0.2) is 28.8 Å². The van der Waals surface area contributed by atoms with Crippen LogP contribution in [0.1, 0.15) is 48.4 Å². The highest BCUT2D eigenvalue weighted by molar-refractivity contribution is 7.89. The summed E-state index contributed by atoms with van der Waals surface area (Å²) in [5, 5.41) is 3.85. The van der Waals surface area contributed by atoms with Gasteiger partial charge in [-0.05, 0) is 11.6 Å². The number of amides is 1. The fourth-order valence-electron chi connectivity index (χ4n) is 2.31. The van der Waals surface area contributed by atoms with Crippen molar-refractivity contribution < 1.29 is 17.7 Å². The largest absolute Gasteiger partial charge is 0.337 e. The monoisotopic (exact) mass is 335 g/mol. The van der Waals surface area contributed by atoms with Crippen molar-refractivity contribution in [2.75, 3.05) is 0 Å². The van der Waals surface area contributed by atoms with Gasteiger partial charge in [0.25, 0.3) is 5.91 Å². The summed E-state index contributed by atoms with van der Waals surface area (Å²) in [5.74, 6) is -0.210. The van der Waals surface area contributed by atoms with Gasteiger partial charge in [0.15, 0.2) is 5.82 Å². The van der Waals surface area contributed by atoms with Crippen molar-refractivity contribution in [3.8, 4) is 0 Å². The molecule has 0 saturated carbocycles. The minimum atomic E-state index is -3.75. The van der Waals surface area contributed by atoms with Crippen molar-refractivity contribution in [1.29, 1.82) is 0 Å². The third kappa shape index (κ3) is 2.86. The maximum absolute atomic E-state index is 12.5. The highest BCUT2D eigenvalue weighted by Gasteiger charge is 2.37. The molecule has 0 radical (unpaired) electrons. The van der Waals surface area contributed by atoms with Crippen molar-refractivity contribution in [2.45, 2.75) is 38.5 Å². The van der Waals surface area contributed by atoms with Crippen LogP contribution in [0.25, 0.3) is 0 Å². The van der Waals surface area contributed by atoms with Crippen LogP contribution in [-0.4, -0.2) is 28.8 Å². The topological polar surface area (TPSA) is 93.4 Å². The van der Waals surface area contributed by atoms with Crippen molar-refractivity contribution in [3.63, 3.8) is 0 Å². The van der Waals surface area contributed by atoms with E-state index in [1.54, 1.807) is 24.3 Å². The second-order valence-corrected chi connectivity index (χ2v) is 8.38. The molecular weight excluding hydrogens is 318 g/mol. The molecule has 2 heterocycles. The molecule has 1 aromatic carbocycles. The second-order valence-electron chi connectivity index (χ2n) is 6.49. The van der Waals surface area contributed by atoms with Crippen LogP contribution in [0.2, 0.25) is 0 Å². The van der Waals surface area contributed by atoms with E-state index in [0.29, 0.717) is 17.0 Å². The van der Waals surface area contributed by atoms with Crippen molar-refractivity contribution in [3.05, 3.63) is 47.1 Å². The zero-order valence-corrected chi connectivity index (χ0v) is 13.9. The standard InChI is InChI=1S/C15H17N3O4S/c1-15(2,3)14-16-12(22-17-14)8-18-13(19)11-7-5-4-6-10(11)9-23(18,20)21/h4-7H,8-9H2,1-3H3. The lowest BCUT2D eigenvalue weighted by Gasteiger charge is -2.26. The van der Waals surface area contributed by atoms with E-state index in [0.717, 1.165) is 4.31 Å². The number of sulfonamides is 1. The molecule has 23 heavy (non-hydrogen) atoms. The molecule has 3 rings (SSSR count). The molecule has 0 unspecified atom stereocenters. The summed E-state index contributed by atoms with van der Waals surface area (Å²) in [7, 11) is -3.75. The lowest BCUT2D eigenvalue weighted by molar-refractivity contribution is 0.0838. The second kappa shape index (κ2) is 5.16. The van der Waals surface area contributed by atoms with Crippen LogP contribution in [0, 0.1) is 0 Å². The Morgan fingerprint density at radius 1 is 1.26 bits per heavy atom. The Morgan fingerprint density at radius 2 is 1.96 bits per heavy atom. The van der Waals surface area contributed by atoms with E-state index < -0.39 is 15.9 Å². The molecule has 1 aliphatic heterocycles. The van der Waals surface area contributed by atoms with Crippen LogP contribution in [0.3, 0.4) is 0 Å². The Bertz CT molecular complexity index is 865. The van der Waals surface area contributed by atoms with Gasteiger partial charge in [0.2, 0.25) is 15.9 Å². The summed E-state index contributed by atoms with van der Waals surface area (Å²) < 4.78 is 30.7. The fraction of sp³-hybridized carbons (Fsp3) is 0.400. The van der Waals surface area contributed by atoms with Crippen LogP contribution < -0.4 is 0 Å². The molecule has 0 aliphatic carbocycles. The average Bonchev–Trinajstić information content (AvgIpc) is 2.92. The highest BCUT2D eigenvalue weighted by Crippen LogP contribution is 2.26. The molecule has 1 aliphatic rings. The third-order valence-corrected chi connectivity index (χ3v) is 5.21. The van der Waals surface area contributed by atoms with Gasteiger partial charge in [-0.2, -0.15) is 4.98 Å². The van der Waals surface area contributed by atoms with Crippen LogP contribution in [-0.2, 0) is 27.7 Å². The first kappa shape index (κ1) is 15.7. The van der Waals surface area contributed by atoms with E-state index in [4.69, 9.17) is 4.52 Å². The van der Waals surface area contributed by atoms with Gasteiger partial charge >= 0.3 is 0 Å². The summed E-state index contributed by atoms with van der Waals surface area (Å²) in [5.41, 5.74) is 0.576. The smallest absolute Gasteiger partial charge is 0.268 e. The number of rotatable bonds is 2. The lowest BCUT2D eigenvalue weighted by atomic mass is 9.96. The molecule has 7 nitrogen and oxygen atoms in total. The number of aromatic nitrogens is 2. The Hall–Kier alpha value is -2.22. The number of nitrogens with zero attached hydrogens (tertiary/aromatic N) is 3. The van der Waals surface area contributed by atoms with Gasteiger partial charge in [0.05, 0.1) is 5.75 Å². The summed E-state index contributed by atoms with van der Waals surface area (Å²) in [6.45, 7) is 5.50. The van der Waals surface area contributed by atoms with Crippen molar-refractivity contribution in [2.24, 2.45) is 0 Å². The van der Waals surface area contributed by atoms with Crippen molar-refractivity contribution >= 4 is 15.9 Å². The van der Waals surface area contributed by atoms with Crippen LogP contribution >= 0.6 is 0 Å². The van der Waals surface area contributed by atoms with Gasteiger partial charge in [0.1, 0.15) is 6.54 Å². The van der Waals surface area contributed by atoms with E-state index in [2.05, 4.69) is 10.1 Å². The number of carbonyl (C=O) groups excluding carboxylic acids is 1. The Labute approximate surface area is 134 Å². The first-order chi connectivity index (χ1) is 10.7. The highest BCUT2D eigenvalue weighted by atomic mass is 32.2. The normalized spacial score (nSPS) is 17.2. The van der Waals surface area contributed by atoms with Crippen molar-refractivity contribution in [1.82, 2.24) is 14.4 Å². The number of fused-ring (bicyclic) bond motifs is 1. The molecule has 8 heteroatoms. The van der Waals surface area contributed by atoms with E-state index in [1.807, 2.05) is 20.8 Å². The number of hydrogen-bond acceptors (Lipinski definition) is 6. The Morgan fingerprint density at radius 3 is 2.61 bits per heavy atom. The SMILES string of the molecule is CC(C)(C)c1noc(CN2C(=O)c3ccccc3CS2(=O)=O)n1. The average molecular weight is 335 g/mol. The minimum Gasteiger partial charge on any atom is -0.337 e. The lowest BCUT2D eigenvalue weighted by Crippen LogP contribution is -2.41. The van der Waals surface area contributed by atoms with E-state index in [-0.39, 0.29) is 23.6 Å². The number of benzene rings is 1. The number of hydrogen-bond donors (Lipinski definition) is 0. The molecule has 1 aromatic heterocycles. The maximum atomic E-state index is 12.5. The minimum absolute atomic E-state index is 0.103. The summed E-state index contributed by atoms with van der Waals surface area (Å²) in [6.07, 6.45) is 0. The number of carbonyl (C=O) groups is 1. The molecule has 2 aromatic rings. The molecule has 122 valence electrons. The molecule has 1 amide bonds. The zero-order valence-electron chi connectivity index (χ0n) is 13.1. The summed E-state index contributed by atoms with van der Waals surface area (Å²) in [6, 6.07) is 6.68. The van der Waals surface area contributed by atoms with Crippen LogP contribution in [0.5, 0.6) is 0 Å². The zero-order chi connectivity index (χ0) is 16.8. The predicted octanol–water partition coefficient (Wildman–Crippen LogP) is 1.85. The predicted molar refractivity (Wildman–Crippen MR) is 81.9 cm³/mol. The first-order valence-electron chi connectivity index (χ1n) is 7.14. The molecule has 0 bridgehead atoms. The van der Waals surface area contributed by atoms with Gasteiger partial charge in [-0.3, -0.25) is 4.79 Å². The Balaban J connectivity index is 1.94. The van der Waals surface area contributed by atoms with E-state index in [9.17, 15) is 13.2 Å². The van der Waals surface area contributed by atoms with Crippen LogP contribution in [0.4, 0.5) is 0 Å². The van der Waals surface area contributed by atoms with Gasteiger partial charge in [0, 0.05) is 11.0 Å².